The number of carbonyl (C=O) groups excluding carboxylic acids is 2. The van der Waals surface area contributed by atoms with Crippen LogP contribution in [0.5, 0.6) is 0 Å². The zero-order valence-corrected chi connectivity index (χ0v) is 18.7. The molecule has 4 aromatic rings. The smallest absolute Gasteiger partial charge is 0.340 e. The highest BCUT2D eigenvalue weighted by Gasteiger charge is 2.36. The van der Waals surface area contributed by atoms with Crippen LogP contribution in [0.15, 0.2) is 72.8 Å². The van der Waals surface area contributed by atoms with Crippen molar-refractivity contribution in [3.63, 3.8) is 0 Å². The van der Waals surface area contributed by atoms with E-state index in [1.165, 1.54) is 6.07 Å². The number of carbonyl (C=O) groups is 2. The van der Waals surface area contributed by atoms with E-state index in [1.807, 2.05) is 24.3 Å². The highest BCUT2D eigenvalue weighted by atomic mass is 19.1. The maximum absolute atomic E-state index is 15.0. The minimum atomic E-state index is -0.646. The predicted octanol–water partition coefficient (Wildman–Crippen LogP) is 5.66. The molecule has 2 N–H and O–H groups in total. The Hall–Kier alpha value is -4.13. The van der Waals surface area contributed by atoms with E-state index in [-0.39, 0.29) is 18.0 Å². The molecule has 7 heteroatoms. The Morgan fingerprint density at radius 1 is 1.06 bits per heavy atom. The maximum Gasteiger partial charge on any atom is 0.340 e. The van der Waals surface area contributed by atoms with Crippen LogP contribution in [0.1, 0.15) is 40.1 Å². The number of aromatic nitrogens is 1. The van der Waals surface area contributed by atoms with Crippen LogP contribution in [0.2, 0.25) is 0 Å². The first kappa shape index (κ1) is 21.7. The lowest BCUT2D eigenvalue weighted by Gasteiger charge is -2.36. The first-order valence-electron chi connectivity index (χ1n) is 11.3. The molecule has 1 aliphatic heterocycles. The number of hydrogen-bond donors (Lipinski definition) is 2. The molecule has 0 aliphatic carbocycles. The summed E-state index contributed by atoms with van der Waals surface area (Å²) in [6.07, 6.45) is 0.622. The molecule has 3 aromatic carbocycles. The van der Waals surface area contributed by atoms with E-state index in [4.69, 9.17) is 4.74 Å². The number of H-pyrrole nitrogens is 1. The number of aromatic amines is 1. The topological polar surface area (TPSA) is 74.4 Å². The molecular formula is C27H24FN3O3. The fraction of sp³-hybridized carbons (Fsp3) is 0.185. The molecule has 6 nitrogen and oxygen atoms in total. The fourth-order valence-corrected chi connectivity index (χ4v) is 4.65. The molecule has 172 valence electrons. The number of fused-ring (bicyclic) bond motifs is 3. The molecule has 2 amide bonds. The normalized spacial score (nSPS) is 15.1. The second kappa shape index (κ2) is 9.02. The van der Waals surface area contributed by atoms with Gasteiger partial charge in [-0.25, -0.2) is 14.0 Å². The van der Waals surface area contributed by atoms with Gasteiger partial charge in [-0.1, -0.05) is 48.5 Å². The molecule has 1 aliphatic rings. The van der Waals surface area contributed by atoms with Crippen molar-refractivity contribution in [2.24, 2.45) is 0 Å². The van der Waals surface area contributed by atoms with Gasteiger partial charge < -0.3 is 19.9 Å². The number of benzene rings is 3. The minimum Gasteiger partial charge on any atom is -0.462 e. The lowest BCUT2D eigenvalue weighted by atomic mass is 9.92. The zero-order valence-electron chi connectivity index (χ0n) is 18.7. The highest BCUT2D eigenvalue weighted by Crippen LogP contribution is 2.39. The molecule has 1 atom stereocenters. The molecule has 0 fully saturated rings. The Morgan fingerprint density at radius 3 is 2.62 bits per heavy atom. The van der Waals surface area contributed by atoms with Crippen LogP contribution in [0.3, 0.4) is 0 Å². The Labute approximate surface area is 196 Å². The van der Waals surface area contributed by atoms with Crippen LogP contribution in [0, 0.1) is 5.82 Å². The van der Waals surface area contributed by atoms with Gasteiger partial charge in [0, 0.05) is 28.7 Å². The van der Waals surface area contributed by atoms with Gasteiger partial charge in [0.1, 0.15) is 11.9 Å². The Morgan fingerprint density at radius 2 is 1.79 bits per heavy atom. The minimum absolute atomic E-state index is 0.228. The SMILES string of the molecule is CCOC(=O)c1ccccc1NC(=O)N1CCc2c([nH]c3ccccc23)C1c1ccccc1F. The third kappa shape index (κ3) is 3.79. The molecule has 5 rings (SSSR count). The van der Waals surface area contributed by atoms with E-state index >= 15 is 4.39 Å². The molecular weight excluding hydrogens is 433 g/mol. The summed E-state index contributed by atoms with van der Waals surface area (Å²) >= 11 is 0. The second-order valence-electron chi connectivity index (χ2n) is 8.13. The highest BCUT2D eigenvalue weighted by molar-refractivity contribution is 6.01. The van der Waals surface area contributed by atoms with E-state index in [2.05, 4.69) is 10.3 Å². The first-order valence-corrected chi connectivity index (χ1v) is 11.3. The van der Waals surface area contributed by atoms with Crippen LogP contribution >= 0.6 is 0 Å². The van der Waals surface area contributed by atoms with Gasteiger partial charge in [0.15, 0.2) is 0 Å². The van der Waals surface area contributed by atoms with Gasteiger partial charge in [-0.2, -0.15) is 0 Å². The average Bonchev–Trinajstić information content (AvgIpc) is 3.23. The van der Waals surface area contributed by atoms with Gasteiger partial charge in [-0.15, -0.1) is 0 Å². The van der Waals surface area contributed by atoms with Crippen molar-refractivity contribution < 1.29 is 18.7 Å². The van der Waals surface area contributed by atoms with Crippen molar-refractivity contribution in [2.75, 3.05) is 18.5 Å². The quantitative estimate of drug-likeness (QED) is 0.388. The van der Waals surface area contributed by atoms with Gasteiger partial charge >= 0.3 is 12.0 Å². The molecule has 0 bridgehead atoms. The van der Waals surface area contributed by atoms with Crippen LogP contribution in [0.25, 0.3) is 10.9 Å². The number of urea groups is 1. The van der Waals surface area contributed by atoms with E-state index in [0.717, 1.165) is 22.2 Å². The van der Waals surface area contributed by atoms with E-state index in [9.17, 15) is 9.59 Å². The van der Waals surface area contributed by atoms with E-state index in [1.54, 1.807) is 54.3 Å². The predicted molar refractivity (Wildman–Crippen MR) is 128 cm³/mol. The number of rotatable bonds is 4. The maximum atomic E-state index is 15.0. The third-order valence-corrected chi connectivity index (χ3v) is 6.16. The van der Waals surface area contributed by atoms with Crippen molar-refractivity contribution in [3.8, 4) is 0 Å². The summed E-state index contributed by atoms with van der Waals surface area (Å²) in [4.78, 5) is 31.0. The number of halogens is 1. The lowest BCUT2D eigenvalue weighted by molar-refractivity contribution is 0.0527. The Kier molecular flexibility index (Phi) is 5.76. The number of esters is 1. The van der Waals surface area contributed by atoms with Crippen molar-refractivity contribution in [1.82, 2.24) is 9.88 Å². The van der Waals surface area contributed by atoms with Crippen LogP contribution in [-0.4, -0.2) is 35.0 Å². The summed E-state index contributed by atoms with van der Waals surface area (Å²) in [5.74, 6) is -0.899. The molecule has 0 saturated carbocycles. The molecule has 0 spiro atoms. The van der Waals surface area contributed by atoms with Crippen LogP contribution in [-0.2, 0) is 11.2 Å². The summed E-state index contributed by atoms with van der Waals surface area (Å²) in [6.45, 7) is 2.34. The summed E-state index contributed by atoms with van der Waals surface area (Å²) in [5.41, 5.74) is 3.85. The molecule has 2 heterocycles. The molecule has 34 heavy (non-hydrogen) atoms. The standard InChI is InChI=1S/C27H24FN3O3/c1-2-34-26(32)20-11-5-8-14-23(20)30-27(33)31-16-15-18-17-9-4-7-13-22(17)29-24(18)25(31)19-10-3-6-12-21(19)28/h3-14,25,29H,2,15-16H2,1H3,(H,30,33). The number of hydrogen-bond acceptors (Lipinski definition) is 3. The molecule has 0 saturated heterocycles. The fourth-order valence-electron chi connectivity index (χ4n) is 4.65. The number of amides is 2. The summed E-state index contributed by atoms with van der Waals surface area (Å²) < 4.78 is 20.1. The summed E-state index contributed by atoms with van der Waals surface area (Å²) in [7, 11) is 0. The van der Waals surface area contributed by atoms with Crippen molar-refractivity contribution >= 4 is 28.6 Å². The molecule has 1 aromatic heterocycles. The molecule has 0 radical (unpaired) electrons. The number of anilines is 1. The van der Waals surface area contributed by atoms with E-state index < -0.39 is 18.0 Å². The van der Waals surface area contributed by atoms with Crippen molar-refractivity contribution in [3.05, 3.63) is 101 Å². The summed E-state index contributed by atoms with van der Waals surface area (Å²) in [6, 6.07) is 20.1. The summed E-state index contributed by atoms with van der Waals surface area (Å²) in [5, 5.41) is 3.93. The van der Waals surface area contributed by atoms with Crippen molar-refractivity contribution in [1.29, 1.82) is 0 Å². The van der Waals surface area contributed by atoms with Gasteiger partial charge in [-0.05, 0) is 43.2 Å². The Balaban J connectivity index is 1.55. The van der Waals surface area contributed by atoms with Crippen LogP contribution < -0.4 is 5.32 Å². The molecule has 1 unspecified atom stereocenters. The van der Waals surface area contributed by atoms with Crippen molar-refractivity contribution in [2.45, 2.75) is 19.4 Å². The number of nitrogens with one attached hydrogen (secondary N) is 2. The van der Waals surface area contributed by atoms with Gasteiger partial charge in [0.05, 0.1) is 17.9 Å². The zero-order chi connectivity index (χ0) is 23.7. The number of nitrogens with zero attached hydrogens (tertiary/aromatic N) is 1. The monoisotopic (exact) mass is 457 g/mol. The first-order chi connectivity index (χ1) is 16.6. The van der Waals surface area contributed by atoms with Gasteiger partial charge in [0.25, 0.3) is 0 Å². The largest absolute Gasteiger partial charge is 0.462 e. The number of ether oxygens (including phenoxy) is 1. The second-order valence-corrected chi connectivity index (χ2v) is 8.13. The van der Waals surface area contributed by atoms with E-state index in [0.29, 0.717) is 24.2 Å². The van der Waals surface area contributed by atoms with Gasteiger partial charge in [0.2, 0.25) is 0 Å². The van der Waals surface area contributed by atoms with Crippen LogP contribution in [0.4, 0.5) is 14.9 Å². The average molecular weight is 458 g/mol. The third-order valence-electron chi connectivity index (χ3n) is 6.16. The number of para-hydroxylation sites is 2. The Bertz CT molecular complexity index is 1380. The lowest BCUT2D eigenvalue weighted by Crippen LogP contribution is -2.43. The van der Waals surface area contributed by atoms with Gasteiger partial charge in [-0.3, -0.25) is 0 Å².